The molecule has 3 rings (SSSR count). The van der Waals surface area contributed by atoms with Gasteiger partial charge in [-0.2, -0.15) is 0 Å². The average molecular weight is 310 g/mol. The molecule has 2 aliphatic heterocycles. The lowest BCUT2D eigenvalue weighted by molar-refractivity contribution is 0.295. The summed E-state index contributed by atoms with van der Waals surface area (Å²) in [5.41, 5.74) is 2.89. The third-order valence-electron chi connectivity index (χ3n) is 4.67. The zero-order valence-electron chi connectivity index (χ0n) is 13.7. The van der Waals surface area contributed by atoms with E-state index in [4.69, 9.17) is 0 Å². The lowest BCUT2D eigenvalue weighted by Crippen LogP contribution is -2.29. The van der Waals surface area contributed by atoms with Crippen LogP contribution in [0, 0.1) is 0 Å². The summed E-state index contributed by atoms with van der Waals surface area (Å²) in [6.07, 6.45) is 9.27. The Morgan fingerprint density at radius 3 is 2.35 bits per heavy atom. The van der Waals surface area contributed by atoms with E-state index in [-0.39, 0.29) is 0 Å². The van der Waals surface area contributed by atoms with Gasteiger partial charge in [0.25, 0.3) is 0 Å². The van der Waals surface area contributed by atoms with Crippen molar-refractivity contribution in [1.82, 2.24) is 9.80 Å². The molecule has 2 heterocycles. The number of aliphatic hydroxyl groups is 1. The molecule has 0 radical (unpaired) electrons. The van der Waals surface area contributed by atoms with Gasteiger partial charge < -0.3 is 10.0 Å². The van der Waals surface area contributed by atoms with Gasteiger partial charge in [0.2, 0.25) is 0 Å². The van der Waals surface area contributed by atoms with Crippen molar-refractivity contribution in [2.75, 3.05) is 19.6 Å². The fraction of sp³-hybridized carbons (Fsp3) is 0.400. The summed E-state index contributed by atoms with van der Waals surface area (Å²) in [5, 5.41) is 10.5. The lowest BCUT2D eigenvalue weighted by Gasteiger charge is -2.29. The minimum atomic E-state index is 0.340. The fourth-order valence-electron chi connectivity index (χ4n) is 3.26. The summed E-state index contributed by atoms with van der Waals surface area (Å²) in [7, 11) is 0. The van der Waals surface area contributed by atoms with E-state index in [1.165, 1.54) is 31.2 Å². The number of nitrogens with zero attached hydrogens (tertiary/aromatic N) is 2. The van der Waals surface area contributed by atoms with Crippen LogP contribution in [0.3, 0.4) is 0 Å². The Labute approximate surface area is 139 Å². The number of hydrogen-bond acceptors (Lipinski definition) is 3. The molecular weight excluding hydrogens is 284 g/mol. The minimum Gasteiger partial charge on any atom is -0.505 e. The van der Waals surface area contributed by atoms with Gasteiger partial charge in [-0.25, -0.2) is 0 Å². The van der Waals surface area contributed by atoms with Crippen LogP contribution in [-0.4, -0.2) is 34.5 Å². The predicted octanol–water partition coefficient (Wildman–Crippen LogP) is 4.22. The van der Waals surface area contributed by atoms with E-state index in [0.29, 0.717) is 11.5 Å². The van der Waals surface area contributed by atoms with Gasteiger partial charge in [0.1, 0.15) is 5.76 Å². The Morgan fingerprint density at radius 2 is 1.65 bits per heavy atom. The van der Waals surface area contributed by atoms with Crippen LogP contribution < -0.4 is 0 Å². The molecule has 3 heteroatoms. The Bertz CT molecular complexity index is 595. The highest BCUT2D eigenvalue weighted by molar-refractivity contribution is 5.39. The van der Waals surface area contributed by atoms with Crippen LogP contribution >= 0.6 is 0 Å². The average Bonchev–Trinajstić information content (AvgIpc) is 2.84. The van der Waals surface area contributed by atoms with Crippen molar-refractivity contribution in [2.45, 2.75) is 32.2 Å². The van der Waals surface area contributed by atoms with E-state index in [1.54, 1.807) is 0 Å². The maximum Gasteiger partial charge on any atom is 0.143 e. The van der Waals surface area contributed by atoms with Gasteiger partial charge in [-0.3, -0.25) is 4.90 Å². The number of rotatable bonds is 4. The number of likely N-dealkylation sites (tertiary alicyclic amines) is 1. The molecule has 23 heavy (non-hydrogen) atoms. The first kappa shape index (κ1) is 15.9. The summed E-state index contributed by atoms with van der Waals surface area (Å²) in [5.74, 6) is 0.340. The van der Waals surface area contributed by atoms with E-state index >= 15 is 0 Å². The van der Waals surface area contributed by atoms with Crippen LogP contribution in [0.5, 0.6) is 0 Å². The van der Waals surface area contributed by atoms with Crippen LogP contribution in [0.4, 0.5) is 0 Å². The van der Waals surface area contributed by atoms with Crippen molar-refractivity contribution in [3.05, 3.63) is 71.8 Å². The minimum absolute atomic E-state index is 0.340. The van der Waals surface area contributed by atoms with Crippen LogP contribution in [0.15, 0.2) is 66.2 Å². The molecule has 1 aromatic carbocycles. The molecule has 1 fully saturated rings. The zero-order chi connectivity index (χ0) is 16.1. The van der Waals surface area contributed by atoms with Crippen molar-refractivity contribution in [3.63, 3.8) is 0 Å². The van der Waals surface area contributed by atoms with Gasteiger partial charge in [0.05, 0.1) is 5.70 Å². The molecule has 2 aliphatic rings. The van der Waals surface area contributed by atoms with Gasteiger partial charge >= 0.3 is 0 Å². The molecular formula is C20H26N2O. The maximum absolute atomic E-state index is 10.5. The summed E-state index contributed by atoms with van der Waals surface area (Å²) in [6, 6.07) is 10.3. The van der Waals surface area contributed by atoms with Crippen molar-refractivity contribution in [2.24, 2.45) is 0 Å². The molecule has 3 nitrogen and oxygen atoms in total. The number of hydrogen-bond donors (Lipinski definition) is 1. The molecule has 0 amide bonds. The summed E-state index contributed by atoms with van der Waals surface area (Å²) < 4.78 is 0. The molecule has 1 saturated heterocycles. The molecule has 0 spiro atoms. The SMILES string of the molecule is C=C1C(O)=C(CN2CCCCCC2)C=CN1Cc1ccccc1. The molecule has 0 atom stereocenters. The second kappa shape index (κ2) is 7.51. The summed E-state index contributed by atoms with van der Waals surface area (Å²) in [6.45, 7) is 7.90. The molecule has 1 aromatic rings. The molecule has 122 valence electrons. The molecule has 1 N–H and O–H groups in total. The second-order valence-electron chi connectivity index (χ2n) is 6.44. The Hall–Kier alpha value is -2.00. The van der Waals surface area contributed by atoms with E-state index < -0.39 is 0 Å². The zero-order valence-corrected chi connectivity index (χ0v) is 13.7. The highest BCUT2D eigenvalue weighted by Gasteiger charge is 2.20. The Kier molecular flexibility index (Phi) is 5.19. The smallest absolute Gasteiger partial charge is 0.143 e. The van der Waals surface area contributed by atoms with Gasteiger partial charge in [-0.05, 0) is 37.6 Å². The number of aliphatic hydroxyl groups excluding tert-OH is 1. The number of benzene rings is 1. The van der Waals surface area contributed by atoms with Crippen molar-refractivity contribution in [3.8, 4) is 0 Å². The Balaban J connectivity index is 1.65. The normalized spacial score (nSPS) is 20.0. The molecule has 0 bridgehead atoms. The fourth-order valence-corrected chi connectivity index (χ4v) is 3.26. The van der Waals surface area contributed by atoms with E-state index in [0.717, 1.165) is 31.8 Å². The molecule has 0 saturated carbocycles. The van der Waals surface area contributed by atoms with Gasteiger partial charge in [0.15, 0.2) is 0 Å². The molecule has 0 aromatic heterocycles. The van der Waals surface area contributed by atoms with E-state index in [1.807, 2.05) is 35.4 Å². The molecule has 0 aliphatic carbocycles. The van der Waals surface area contributed by atoms with Crippen molar-refractivity contribution >= 4 is 0 Å². The van der Waals surface area contributed by atoms with Crippen LogP contribution in [0.25, 0.3) is 0 Å². The van der Waals surface area contributed by atoms with Gasteiger partial charge in [0, 0.05) is 24.9 Å². The third kappa shape index (κ3) is 4.05. The standard InChI is InChI=1S/C20H26N2O/c1-17-20(23)19(16-21-12-7-2-3-8-13-21)11-14-22(17)15-18-9-5-4-6-10-18/h4-6,9-11,14,23H,1-3,7-8,12-13,15-16H2. The largest absolute Gasteiger partial charge is 0.505 e. The first-order valence-electron chi connectivity index (χ1n) is 8.56. The first-order valence-corrected chi connectivity index (χ1v) is 8.56. The summed E-state index contributed by atoms with van der Waals surface area (Å²) in [4.78, 5) is 4.46. The third-order valence-corrected chi connectivity index (χ3v) is 4.67. The highest BCUT2D eigenvalue weighted by Crippen LogP contribution is 2.25. The van der Waals surface area contributed by atoms with Crippen molar-refractivity contribution < 1.29 is 5.11 Å². The lowest BCUT2D eigenvalue weighted by atomic mass is 10.1. The summed E-state index contributed by atoms with van der Waals surface area (Å²) >= 11 is 0. The molecule has 0 unspecified atom stereocenters. The van der Waals surface area contributed by atoms with Crippen LogP contribution in [-0.2, 0) is 6.54 Å². The van der Waals surface area contributed by atoms with Crippen LogP contribution in [0.2, 0.25) is 0 Å². The predicted molar refractivity (Wildman–Crippen MR) is 94.8 cm³/mol. The topological polar surface area (TPSA) is 26.7 Å². The quantitative estimate of drug-likeness (QED) is 0.902. The Morgan fingerprint density at radius 1 is 0.957 bits per heavy atom. The van der Waals surface area contributed by atoms with Crippen molar-refractivity contribution in [1.29, 1.82) is 0 Å². The second-order valence-corrected chi connectivity index (χ2v) is 6.44. The van der Waals surface area contributed by atoms with Gasteiger partial charge in [-0.1, -0.05) is 49.8 Å². The van der Waals surface area contributed by atoms with E-state index in [9.17, 15) is 5.11 Å². The monoisotopic (exact) mass is 310 g/mol. The van der Waals surface area contributed by atoms with Crippen LogP contribution in [0.1, 0.15) is 31.2 Å². The first-order chi connectivity index (χ1) is 11.2. The maximum atomic E-state index is 10.5. The van der Waals surface area contributed by atoms with Gasteiger partial charge in [-0.15, -0.1) is 0 Å². The van der Waals surface area contributed by atoms with E-state index in [2.05, 4.69) is 23.6 Å². The highest BCUT2D eigenvalue weighted by atomic mass is 16.3.